The first-order valence-corrected chi connectivity index (χ1v) is 13.1. The van der Waals surface area contributed by atoms with Gasteiger partial charge >= 0.3 is 0 Å². The fourth-order valence-electron chi connectivity index (χ4n) is 6.01. The molecule has 0 aliphatic heterocycles. The van der Waals surface area contributed by atoms with Crippen LogP contribution in [0.2, 0.25) is 0 Å². The van der Waals surface area contributed by atoms with Crippen LogP contribution in [0.25, 0.3) is 72.2 Å². The minimum atomic E-state index is 1.14. The van der Waals surface area contributed by atoms with Crippen molar-refractivity contribution in [1.82, 2.24) is 4.57 Å². The Balaban J connectivity index is 1.47. The number of benzene rings is 6. The largest absolute Gasteiger partial charge is 0.309 e. The van der Waals surface area contributed by atoms with Gasteiger partial charge in [-0.05, 0) is 80.7 Å². The molecule has 0 saturated heterocycles. The number of fused-ring (bicyclic) bond motifs is 7. The van der Waals surface area contributed by atoms with Crippen molar-refractivity contribution >= 4 is 55.4 Å². The summed E-state index contributed by atoms with van der Waals surface area (Å²) in [6, 6.07) is 41.8. The monoisotopic (exact) mass is 485 g/mol. The molecule has 0 fully saturated rings. The van der Waals surface area contributed by atoms with Crippen molar-refractivity contribution in [2.45, 2.75) is 6.92 Å². The average Bonchev–Trinajstić information content (AvgIpc) is 3.30. The first-order valence-electron chi connectivity index (χ1n) is 13.1. The quantitative estimate of drug-likeness (QED) is 0.219. The van der Waals surface area contributed by atoms with Gasteiger partial charge in [0.2, 0.25) is 0 Å². The van der Waals surface area contributed by atoms with Crippen LogP contribution in [0.1, 0.15) is 18.2 Å². The zero-order valence-electron chi connectivity index (χ0n) is 21.4. The van der Waals surface area contributed by atoms with Gasteiger partial charge in [0.1, 0.15) is 0 Å². The van der Waals surface area contributed by atoms with Crippen LogP contribution in [0.4, 0.5) is 0 Å². The van der Waals surface area contributed by atoms with Gasteiger partial charge in [-0.2, -0.15) is 0 Å². The van der Waals surface area contributed by atoms with E-state index in [9.17, 15) is 0 Å². The SMILES string of the molecule is C=Cc1c(/C=C\C)n(-c2cccc(-c3ccc4c5ccccc5c5ccccc5c4c3)c2)c2ccccc12. The second-order valence-electron chi connectivity index (χ2n) is 9.76. The molecule has 7 aromatic rings. The molecular formula is C37H27N. The van der Waals surface area contributed by atoms with Crippen molar-refractivity contribution in [2.24, 2.45) is 0 Å². The highest BCUT2D eigenvalue weighted by Gasteiger charge is 2.15. The van der Waals surface area contributed by atoms with E-state index in [0.29, 0.717) is 0 Å². The summed E-state index contributed by atoms with van der Waals surface area (Å²) >= 11 is 0. The predicted molar refractivity (Wildman–Crippen MR) is 166 cm³/mol. The predicted octanol–water partition coefficient (Wildman–Crippen LogP) is 10.4. The molecule has 1 heteroatoms. The lowest BCUT2D eigenvalue weighted by Crippen LogP contribution is -1.97. The van der Waals surface area contributed by atoms with Crippen molar-refractivity contribution < 1.29 is 0 Å². The summed E-state index contributed by atoms with van der Waals surface area (Å²) in [5.74, 6) is 0. The molecule has 0 amide bonds. The van der Waals surface area contributed by atoms with Crippen molar-refractivity contribution in [3.05, 3.63) is 139 Å². The zero-order valence-corrected chi connectivity index (χ0v) is 21.4. The van der Waals surface area contributed by atoms with Gasteiger partial charge in [0.25, 0.3) is 0 Å². The van der Waals surface area contributed by atoms with E-state index in [0.717, 1.165) is 16.9 Å². The molecule has 1 aromatic heterocycles. The molecule has 38 heavy (non-hydrogen) atoms. The topological polar surface area (TPSA) is 4.93 Å². The van der Waals surface area contributed by atoms with Gasteiger partial charge < -0.3 is 4.57 Å². The number of allylic oxidation sites excluding steroid dienone is 1. The van der Waals surface area contributed by atoms with Gasteiger partial charge in [0.15, 0.2) is 0 Å². The molecule has 0 unspecified atom stereocenters. The molecule has 0 aliphatic carbocycles. The normalized spacial score (nSPS) is 11.8. The Morgan fingerprint density at radius 2 is 1.13 bits per heavy atom. The summed E-state index contributed by atoms with van der Waals surface area (Å²) in [5.41, 5.74) is 7.05. The second kappa shape index (κ2) is 8.90. The summed E-state index contributed by atoms with van der Waals surface area (Å²) in [5, 5.41) is 8.99. The molecule has 0 spiro atoms. The smallest absolute Gasteiger partial charge is 0.0541 e. The Bertz CT molecular complexity index is 2020. The molecule has 1 nitrogen and oxygen atoms in total. The first-order chi connectivity index (χ1) is 18.8. The molecule has 0 radical (unpaired) electrons. The fourth-order valence-corrected chi connectivity index (χ4v) is 6.01. The van der Waals surface area contributed by atoms with Crippen LogP contribution < -0.4 is 0 Å². The summed E-state index contributed by atoms with van der Waals surface area (Å²) in [6.45, 7) is 6.19. The number of nitrogens with zero attached hydrogens (tertiary/aromatic N) is 1. The summed E-state index contributed by atoms with van der Waals surface area (Å²) in [7, 11) is 0. The Hall–Kier alpha value is -4.88. The molecule has 180 valence electrons. The van der Waals surface area contributed by atoms with Crippen molar-refractivity contribution in [1.29, 1.82) is 0 Å². The van der Waals surface area contributed by atoms with Gasteiger partial charge in [0.05, 0.1) is 11.2 Å². The van der Waals surface area contributed by atoms with E-state index in [1.165, 1.54) is 54.3 Å². The third-order valence-corrected chi connectivity index (χ3v) is 7.66. The maximum Gasteiger partial charge on any atom is 0.0541 e. The number of aromatic nitrogens is 1. The van der Waals surface area contributed by atoms with Gasteiger partial charge in [-0.3, -0.25) is 0 Å². The molecule has 7 rings (SSSR count). The van der Waals surface area contributed by atoms with Gasteiger partial charge in [-0.15, -0.1) is 0 Å². The van der Waals surface area contributed by atoms with E-state index < -0.39 is 0 Å². The molecule has 0 N–H and O–H groups in total. The van der Waals surface area contributed by atoms with E-state index in [-0.39, 0.29) is 0 Å². The lowest BCUT2D eigenvalue weighted by molar-refractivity contribution is 1.11. The van der Waals surface area contributed by atoms with Crippen LogP contribution in [-0.2, 0) is 0 Å². The maximum atomic E-state index is 4.12. The second-order valence-corrected chi connectivity index (χ2v) is 9.76. The number of rotatable bonds is 4. The molecule has 0 aliphatic rings. The third kappa shape index (κ3) is 3.33. The van der Waals surface area contributed by atoms with E-state index in [1.807, 2.05) is 6.08 Å². The minimum Gasteiger partial charge on any atom is -0.309 e. The van der Waals surface area contributed by atoms with Crippen LogP contribution in [0, 0.1) is 0 Å². The standard InChI is InChI=1S/C37H27N/c1-3-12-36-28(4-2)34-19-9-10-20-37(34)38(36)27-14-11-13-25(23-27)26-21-22-33-31-17-6-5-15-29(31)30-16-7-8-18-32(30)35(33)24-26/h3-24H,2H2,1H3/b12-3-. The highest BCUT2D eigenvalue weighted by Crippen LogP contribution is 2.38. The fraction of sp³-hybridized carbons (Fsp3) is 0.0270. The first kappa shape index (κ1) is 22.3. The van der Waals surface area contributed by atoms with Crippen LogP contribution in [0.3, 0.4) is 0 Å². The Kier molecular flexibility index (Phi) is 5.23. The van der Waals surface area contributed by atoms with Crippen molar-refractivity contribution in [3.8, 4) is 16.8 Å². The molecule has 6 aromatic carbocycles. The summed E-state index contributed by atoms with van der Waals surface area (Å²) in [4.78, 5) is 0. The van der Waals surface area contributed by atoms with Gasteiger partial charge in [-0.1, -0.05) is 110 Å². The van der Waals surface area contributed by atoms with Crippen LogP contribution in [-0.4, -0.2) is 4.57 Å². The summed E-state index contributed by atoms with van der Waals surface area (Å²) < 4.78 is 2.35. The Morgan fingerprint density at radius 3 is 1.79 bits per heavy atom. The maximum absolute atomic E-state index is 4.12. The number of hydrogen-bond acceptors (Lipinski definition) is 0. The number of hydrogen-bond donors (Lipinski definition) is 0. The lowest BCUT2D eigenvalue weighted by Gasteiger charge is -2.14. The zero-order chi connectivity index (χ0) is 25.6. The molecule has 0 saturated carbocycles. The molecule has 0 atom stereocenters. The van der Waals surface area contributed by atoms with Gasteiger partial charge in [-0.25, -0.2) is 0 Å². The van der Waals surface area contributed by atoms with Crippen molar-refractivity contribution in [3.63, 3.8) is 0 Å². The van der Waals surface area contributed by atoms with Crippen molar-refractivity contribution in [2.75, 3.05) is 0 Å². The van der Waals surface area contributed by atoms with Crippen LogP contribution >= 0.6 is 0 Å². The Morgan fingerprint density at radius 1 is 0.553 bits per heavy atom. The highest BCUT2D eigenvalue weighted by molar-refractivity contribution is 6.25. The molecule has 1 heterocycles. The summed E-state index contributed by atoms with van der Waals surface area (Å²) in [6.07, 6.45) is 6.24. The van der Waals surface area contributed by atoms with Gasteiger partial charge in [0, 0.05) is 16.6 Å². The molecular weight excluding hydrogens is 458 g/mol. The third-order valence-electron chi connectivity index (χ3n) is 7.66. The van der Waals surface area contributed by atoms with E-state index in [2.05, 4.69) is 145 Å². The molecule has 0 bridgehead atoms. The highest BCUT2D eigenvalue weighted by atomic mass is 15.0. The van der Waals surface area contributed by atoms with Crippen LogP contribution in [0.5, 0.6) is 0 Å². The minimum absolute atomic E-state index is 1.14. The Labute approximate surface area is 222 Å². The van der Waals surface area contributed by atoms with E-state index in [4.69, 9.17) is 0 Å². The van der Waals surface area contributed by atoms with E-state index in [1.54, 1.807) is 0 Å². The van der Waals surface area contributed by atoms with Crippen LogP contribution in [0.15, 0.2) is 128 Å². The van der Waals surface area contributed by atoms with E-state index >= 15 is 0 Å². The number of para-hydroxylation sites is 1. The lowest BCUT2D eigenvalue weighted by atomic mass is 9.92. The average molecular weight is 486 g/mol.